The highest BCUT2D eigenvalue weighted by Crippen LogP contribution is 2.28. The van der Waals surface area contributed by atoms with Gasteiger partial charge in [0, 0.05) is 0 Å². The summed E-state index contributed by atoms with van der Waals surface area (Å²) in [6.45, 7) is 6.32. The molecule has 0 bridgehead atoms. The van der Waals surface area contributed by atoms with Gasteiger partial charge in [0.05, 0.1) is 19.2 Å². The van der Waals surface area contributed by atoms with E-state index in [1.807, 2.05) is 75.4 Å². The molecular weight excluding hydrogens is 422 g/mol. The normalized spacial score (nSPS) is 16.5. The Labute approximate surface area is 192 Å². The quantitative estimate of drug-likeness (QED) is 0.522. The molecular formula is C24H27N5O4. The molecule has 4 rings (SSSR count). The molecule has 33 heavy (non-hydrogen) atoms. The highest BCUT2D eigenvalue weighted by Gasteiger charge is 2.38. The van der Waals surface area contributed by atoms with Gasteiger partial charge < -0.3 is 19.5 Å². The van der Waals surface area contributed by atoms with Crippen LogP contribution in [0.3, 0.4) is 0 Å². The van der Waals surface area contributed by atoms with Gasteiger partial charge in [0.15, 0.2) is 0 Å². The van der Waals surface area contributed by atoms with E-state index >= 15 is 0 Å². The molecule has 0 aliphatic carbocycles. The monoisotopic (exact) mass is 449 g/mol. The molecule has 2 atom stereocenters. The van der Waals surface area contributed by atoms with Gasteiger partial charge in [-0.1, -0.05) is 44.2 Å². The van der Waals surface area contributed by atoms with E-state index in [-0.39, 0.29) is 30.0 Å². The fraction of sp³-hybridized carbons (Fsp3) is 0.333. The number of carbonyl (C=O) groups excluding carboxylic acids is 1. The number of anilines is 2. The van der Waals surface area contributed by atoms with E-state index in [0.717, 1.165) is 17.1 Å². The number of cyclic esters (lactones) is 1. The van der Waals surface area contributed by atoms with Gasteiger partial charge in [-0.25, -0.2) is 9.69 Å². The van der Waals surface area contributed by atoms with Crippen molar-refractivity contribution < 1.29 is 19.0 Å². The Morgan fingerprint density at radius 1 is 1.00 bits per heavy atom. The van der Waals surface area contributed by atoms with Crippen molar-refractivity contribution in [2.75, 3.05) is 23.9 Å². The maximum absolute atomic E-state index is 12.3. The van der Waals surface area contributed by atoms with Crippen LogP contribution >= 0.6 is 0 Å². The van der Waals surface area contributed by atoms with Gasteiger partial charge >= 0.3 is 12.1 Å². The Kier molecular flexibility index (Phi) is 6.58. The highest BCUT2D eigenvalue weighted by atomic mass is 16.6. The number of para-hydroxylation sites is 1. The number of carbonyl (C=O) groups is 1. The van der Waals surface area contributed by atoms with Gasteiger partial charge in [0.1, 0.15) is 18.1 Å². The molecule has 9 heteroatoms. The number of ether oxygens (including phenoxy) is 3. The summed E-state index contributed by atoms with van der Waals surface area (Å²) in [5, 5.41) is 3.26. The predicted molar refractivity (Wildman–Crippen MR) is 124 cm³/mol. The minimum Gasteiger partial charge on any atom is -0.467 e. The van der Waals surface area contributed by atoms with Gasteiger partial charge in [-0.2, -0.15) is 15.0 Å². The molecule has 1 aliphatic heterocycles. The van der Waals surface area contributed by atoms with Crippen molar-refractivity contribution in [1.29, 1.82) is 0 Å². The number of hydrogen-bond donors (Lipinski definition) is 1. The summed E-state index contributed by atoms with van der Waals surface area (Å²) in [5.74, 6) is 2.20. The van der Waals surface area contributed by atoms with Crippen LogP contribution in [0.15, 0.2) is 54.6 Å². The lowest BCUT2D eigenvalue weighted by atomic mass is 10.1. The van der Waals surface area contributed by atoms with Crippen molar-refractivity contribution in [2.24, 2.45) is 5.92 Å². The summed E-state index contributed by atoms with van der Waals surface area (Å²) in [5.41, 5.74) is 1.01. The van der Waals surface area contributed by atoms with E-state index in [1.54, 1.807) is 0 Å². The molecule has 3 aromatic rings. The summed E-state index contributed by atoms with van der Waals surface area (Å²) in [4.78, 5) is 26.8. The number of rotatable bonds is 8. The first kappa shape index (κ1) is 22.3. The van der Waals surface area contributed by atoms with Crippen LogP contribution in [0.1, 0.15) is 32.4 Å². The van der Waals surface area contributed by atoms with Crippen LogP contribution in [0.25, 0.3) is 0 Å². The number of hydrogen-bond acceptors (Lipinski definition) is 8. The lowest BCUT2D eigenvalue weighted by Gasteiger charge is -2.23. The zero-order chi connectivity index (χ0) is 23.4. The van der Waals surface area contributed by atoms with E-state index in [9.17, 15) is 4.79 Å². The van der Waals surface area contributed by atoms with Crippen LogP contribution in [0, 0.1) is 5.92 Å². The number of aromatic nitrogens is 3. The summed E-state index contributed by atoms with van der Waals surface area (Å²) in [6, 6.07) is 17.2. The van der Waals surface area contributed by atoms with E-state index in [0.29, 0.717) is 12.6 Å². The Morgan fingerprint density at radius 2 is 1.70 bits per heavy atom. The first-order valence-corrected chi connectivity index (χ1v) is 10.8. The summed E-state index contributed by atoms with van der Waals surface area (Å²) in [6.07, 6.45) is -0.477. The predicted octanol–water partition coefficient (Wildman–Crippen LogP) is 4.83. The average Bonchev–Trinajstić information content (AvgIpc) is 3.21. The van der Waals surface area contributed by atoms with Crippen LogP contribution in [0.2, 0.25) is 0 Å². The molecule has 1 amide bonds. The van der Waals surface area contributed by atoms with E-state index < -0.39 is 6.09 Å². The number of methoxy groups -OCH3 is 1. The first-order valence-electron chi connectivity index (χ1n) is 10.8. The first-order chi connectivity index (χ1) is 15.9. The summed E-state index contributed by atoms with van der Waals surface area (Å²) in [7, 11) is 1.47. The molecule has 9 nitrogen and oxygen atoms in total. The Bertz CT molecular complexity index is 1090. The molecule has 1 unspecified atom stereocenters. The number of nitrogens with one attached hydrogen (secondary N) is 1. The second kappa shape index (κ2) is 9.72. The van der Waals surface area contributed by atoms with E-state index in [1.165, 1.54) is 12.0 Å². The van der Waals surface area contributed by atoms with E-state index in [2.05, 4.69) is 20.3 Å². The zero-order valence-corrected chi connectivity index (χ0v) is 19.1. The number of benzene rings is 2. The van der Waals surface area contributed by atoms with Gasteiger partial charge in [-0.15, -0.1) is 0 Å². The standard InChI is InChI=1S/C24H27N5O4/c1-15(2)20-14-32-24(30)29(20)22-26-21(27-23(28-22)31-4)25-16(3)17-10-12-19(13-11-17)33-18-8-6-5-7-9-18/h5-13,15-16,20H,14H2,1-4H3,(H,25,26,27,28)/t16-,20?/m0/s1. The molecule has 172 valence electrons. The highest BCUT2D eigenvalue weighted by molar-refractivity contribution is 5.88. The Hall–Kier alpha value is -3.88. The van der Waals surface area contributed by atoms with Crippen molar-refractivity contribution in [1.82, 2.24) is 15.0 Å². The molecule has 0 spiro atoms. The molecule has 1 N–H and O–H groups in total. The molecule has 1 aromatic heterocycles. The van der Waals surface area contributed by atoms with Gasteiger partial charge in [-0.3, -0.25) is 0 Å². The third kappa shape index (κ3) is 5.14. The molecule has 2 heterocycles. The second-order valence-electron chi connectivity index (χ2n) is 8.05. The van der Waals surface area contributed by atoms with Crippen LogP contribution in [-0.2, 0) is 4.74 Å². The van der Waals surface area contributed by atoms with Crippen molar-refractivity contribution in [3.8, 4) is 17.5 Å². The molecule has 0 saturated carbocycles. The SMILES string of the molecule is COc1nc(N[C@@H](C)c2ccc(Oc3ccccc3)cc2)nc(N2C(=O)OCC2C(C)C)n1. The fourth-order valence-corrected chi connectivity index (χ4v) is 3.49. The summed E-state index contributed by atoms with van der Waals surface area (Å²) < 4.78 is 16.3. The fourth-order valence-electron chi connectivity index (χ4n) is 3.49. The van der Waals surface area contributed by atoms with Crippen LogP contribution in [-0.4, -0.2) is 40.8 Å². The molecule has 2 aromatic carbocycles. The third-order valence-electron chi connectivity index (χ3n) is 5.38. The lowest BCUT2D eigenvalue weighted by Crippen LogP contribution is -2.38. The Morgan fingerprint density at radius 3 is 2.36 bits per heavy atom. The number of amides is 1. The smallest absolute Gasteiger partial charge is 0.417 e. The van der Waals surface area contributed by atoms with E-state index in [4.69, 9.17) is 14.2 Å². The lowest BCUT2D eigenvalue weighted by molar-refractivity contribution is 0.177. The largest absolute Gasteiger partial charge is 0.467 e. The average molecular weight is 450 g/mol. The molecule has 1 fully saturated rings. The zero-order valence-electron chi connectivity index (χ0n) is 19.1. The van der Waals surface area contributed by atoms with Crippen LogP contribution < -0.4 is 19.7 Å². The van der Waals surface area contributed by atoms with Crippen molar-refractivity contribution in [3.05, 3.63) is 60.2 Å². The van der Waals surface area contributed by atoms with Crippen molar-refractivity contribution >= 4 is 18.0 Å². The maximum Gasteiger partial charge on any atom is 0.417 e. The maximum atomic E-state index is 12.3. The molecule has 0 radical (unpaired) electrons. The van der Waals surface area contributed by atoms with Crippen LogP contribution in [0.4, 0.5) is 16.7 Å². The molecule has 1 aliphatic rings. The summed E-state index contributed by atoms with van der Waals surface area (Å²) >= 11 is 0. The minimum atomic E-state index is -0.477. The van der Waals surface area contributed by atoms with Crippen molar-refractivity contribution in [3.63, 3.8) is 0 Å². The third-order valence-corrected chi connectivity index (χ3v) is 5.38. The van der Waals surface area contributed by atoms with Gasteiger partial charge in [-0.05, 0) is 42.7 Å². The minimum absolute atomic E-state index is 0.114. The topological polar surface area (TPSA) is 98.7 Å². The second-order valence-corrected chi connectivity index (χ2v) is 8.05. The van der Waals surface area contributed by atoms with Gasteiger partial charge in [0.25, 0.3) is 0 Å². The molecule has 1 saturated heterocycles. The number of nitrogens with zero attached hydrogens (tertiary/aromatic N) is 4. The van der Waals surface area contributed by atoms with Crippen LogP contribution in [0.5, 0.6) is 17.5 Å². The Balaban J connectivity index is 1.51. The van der Waals surface area contributed by atoms with Crippen molar-refractivity contribution in [2.45, 2.75) is 32.9 Å². The van der Waals surface area contributed by atoms with Gasteiger partial charge in [0.2, 0.25) is 11.9 Å².